The zero-order chi connectivity index (χ0) is 7.61. The quantitative estimate of drug-likeness (QED) is 0.601. The van der Waals surface area contributed by atoms with Crippen LogP contribution >= 0.6 is 0 Å². The molecule has 0 spiro atoms. The molecule has 1 saturated heterocycles. The SMILES string of the molecule is C[C@@H]1CCC[C@@](C)(CO)O1. The minimum Gasteiger partial charge on any atom is -0.393 e. The van der Waals surface area contributed by atoms with Crippen LogP contribution in [-0.4, -0.2) is 23.4 Å². The summed E-state index contributed by atoms with van der Waals surface area (Å²) in [5.41, 5.74) is -0.252. The van der Waals surface area contributed by atoms with Crippen LogP contribution in [0.25, 0.3) is 0 Å². The Morgan fingerprint density at radius 1 is 1.70 bits per heavy atom. The smallest absolute Gasteiger partial charge is 0.0887 e. The second-order valence-electron chi connectivity index (χ2n) is 3.43. The fourth-order valence-electron chi connectivity index (χ4n) is 1.48. The number of aliphatic hydroxyl groups excluding tert-OH is 1. The van der Waals surface area contributed by atoms with Crippen molar-refractivity contribution in [3.05, 3.63) is 0 Å². The Morgan fingerprint density at radius 2 is 2.40 bits per heavy atom. The molecule has 0 radical (unpaired) electrons. The monoisotopic (exact) mass is 144 g/mol. The predicted molar refractivity (Wildman–Crippen MR) is 39.9 cm³/mol. The Bertz CT molecular complexity index is 114. The molecule has 0 amide bonds. The van der Waals surface area contributed by atoms with Gasteiger partial charge in [-0.15, -0.1) is 0 Å². The molecule has 60 valence electrons. The van der Waals surface area contributed by atoms with Gasteiger partial charge in [-0.05, 0) is 33.1 Å². The molecule has 1 heterocycles. The van der Waals surface area contributed by atoms with E-state index in [0.29, 0.717) is 6.10 Å². The number of hydrogen-bond acceptors (Lipinski definition) is 2. The van der Waals surface area contributed by atoms with E-state index in [0.717, 1.165) is 12.8 Å². The second-order valence-corrected chi connectivity index (χ2v) is 3.43. The molecule has 1 aliphatic heterocycles. The van der Waals surface area contributed by atoms with E-state index >= 15 is 0 Å². The molecule has 0 unspecified atom stereocenters. The summed E-state index contributed by atoms with van der Waals surface area (Å²) >= 11 is 0. The van der Waals surface area contributed by atoms with Crippen molar-refractivity contribution in [1.82, 2.24) is 0 Å². The maximum atomic E-state index is 8.94. The van der Waals surface area contributed by atoms with Crippen LogP contribution in [0.15, 0.2) is 0 Å². The zero-order valence-electron chi connectivity index (χ0n) is 6.76. The Hall–Kier alpha value is -0.0800. The van der Waals surface area contributed by atoms with Gasteiger partial charge in [-0.1, -0.05) is 0 Å². The molecule has 0 aromatic carbocycles. The predicted octanol–water partition coefficient (Wildman–Crippen LogP) is 1.33. The van der Waals surface area contributed by atoms with Crippen LogP contribution in [0.3, 0.4) is 0 Å². The van der Waals surface area contributed by atoms with Gasteiger partial charge in [0.05, 0.1) is 18.3 Å². The van der Waals surface area contributed by atoms with Crippen molar-refractivity contribution in [1.29, 1.82) is 0 Å². The first kappa shape index (κ1) is 8.02. The molecule has 2 nitrogen and oxygen atoms in total. The molecule has 1 aliphatic rings. The van der Waals surface area contributed by atoms with Crippen molar-refractivity contribution in [3.8, 4) is 0 Å². The molecule has 0 saturated carbocycles. The molecular weight excluding hydrogens is 128 g/mol. The molecule has 10 heavy (non-hydrogen) atoms. The van der Waals surface area contributed by atoms with Gasteiger partial charge in [0.1, 0.15) is 0 Å². The lowest BCUT2D eigenvalue weighted by Gasteiger charge is -2.35. The third-order valence-electron chi connectivity index (χ3n) is 2.14. The van der Waals surface area contributed by atoms with Crippen LogP contribution in [-0.2, 0) is 4.74 Å². The third kappa shape index (κ3) is 1.70. The second kappa shape index (κ2) is 2.89. The first-order valence-corrected chi connectivity index (χ1v) is 3.95. The van der Waals surface area contributed by atoms with Crippen molar-refractivity contribution in [2.24, 2.45) is 0 Å². The zero-order valence-corrected chi connectivity index (χ0v) is 6.76. The van der Waals surface area contributed by atoms with Crippen molar-refractivity contribution in [3.63, 3.8) is 0 Å². The summed E-state index contributed by atoms with van der Waals surface area (Å²) in [7, 11) is 0. The average molecular weight is 144 g/mol. The average Bonchev–Trinajstić information content (AvgIpc) is 1.88. The fraction of sp³-hybridized carbons (Fsp3) is 1.00. The highest BCUT2D eigenvalue weighted by atomic mass is 16.5. The summed E-state index contributed by atoms with van der Waals surface area (Å²) < 4.78 is 5.57. The molecule has 1 fully saturated rings. The summed E-state index contributed by atoms with van der Waals surface area (Å²) in [5, 5.41) is 8.94. The van der Waals surface area contributed by atoms with E-state index in [1.165, 1.54) is 6.42 Å². The molecule has 0 aromatic rings. The number of rotatable bonds is 1. The Balaban J connectivity index is 2.45. The first-order chi connectivity index (χ1) is 4.66. The van der Waals surface area contributed by atoms with E-state index in [-0.39, 0.29) is 12.2 Å². The van der Waals surface area contributed by atoms with Crippen molar-refractivity contribution < 1.29 is 9.84 Å². The Morgan fingerprint density at radius 3 is 2.80 bits per heavy atom. The van der Waals surface area contributed by atoms with Gasteiger partial charge in [0.15, 0.2) is 0 Å². The summed E-state index contributed by atoms with van der Waals surface area (Å²) in [6.45, 7) is 4.19. The summed E-state index contributed by atoms with van der Waals surface area (Å²) in [4.78, 5) is 0. The van der Waals surface area contributed by atoms with Gasteiger partial charge in [-0.3, -0.25) is 0 Å². The van der Waals surface area contributed by atoms with Gasteiger partial charge in [0.2, 0.25) is 0 Å². The van der Waals surface area contributed by atoms with E-state index in [1.807, 2.05) is 6.92 Å². The fourth-order valence-corrected chi connectivity index (χ4v) is 1.48. The standard InChI is InChI=1S/C8H16O2/c1-7-4-3-5-8(2,6-9)10-7/h7,9H,3-6H2,1-2H3/t7-,8+/m1/s1. The lowest BCUT2D eigenvalue weighted by Crippen LogP contribution is -2.39. The maximum absolute atomic E-state index is 8.94. The highest BCUT2D eigenvalue weighted by molar-refractivity contribution is 4.79. The van der Waals surface area contributed by atoms with Crippen molar-refractivity contribution in [2.45, 2.75) is 44.8 Å². The summed E-state index contributed by atoms with van der Waals surface area (Å²) in [6.07, 6.45) is 3.63. The topological polar surface area (TPSA) is 29.5 Å². The molecule has 1 N–H and O–H groups in total. The highest BCUT2D eigenvalue weighted by Crippen LogP contribution is 2.27. The maximum Gasteiger partial charge on any atom is 0.0887 e. The largest absolute Gasteiger partial charge is 0.393 e. The van der Waals surface area contributed by atoms with Crippen LogP contribution in [0.1, 0.15) is 33.1 Å². The Labute approximate surface area is 62.2 Å². The number of hydrogen-bond donors (Lipinski definition) is 1. The lowest BCUT2D eigenvalue weighted by atomic mass is 9.94. The summed E-state index contributed by atoms with van der Waals surface area (Å²) in [6, 6.07) is 0. The van der Waals surface area contributed by atoms with E-state index in [2.05, 4.69) is 6.92 Å². The summed E-state index contributed by atoms with van der Waals surface area (Å²) in [5.74, 6) is 0. The van der Waals surface area contributed by atoms with Crippen LogP contribution < -0.4 is 0 Å². The molecule has 0 aliphatic carbocycles. The van der Waals surface area contributed by atoms with Gasteiger partial charge in [0.25, 0.3) is 0 Å². The molecular formula is C8H16O2. The minimum absolute atomic E-state index is 0.150. The highest BCUT2D eigenvalue weighted by Gasteiger charge is 2.29. The van der Waals surface area contributed by atoms with E-state index in [1.54, 1.807) is 0 Å². The first-order valence-electron chi connectivity index (χ1n) is 3.95. The van der Waals surface area contributed by atoms with E-state index in [9.17, 15) is 0 Å². The molecule has 0 aromatic heterocycles. The van der Waals surface area contributed by atoms with E-state index in [4.69, 9.17) is 9.84 Å². The van der Waals surface area contributed by atoms with Gasteiger partial charge in [-0.2, -0.15) is 0 Å². The number of aliphatic hydroxyl groups is 1. The van der Waals surface area contributed by atoms with Gasteiger partial charge < -0.3 is 9.84 Å². The van der Waals surface area contributed by atoms with Gasteiger partial charge in [0, 0.05) is 0 Å². The van der Waals surface area contributed by atoms with Crippen LogP contribution in [0.2, 0.25) is 0 Å². The minimum atomic E-state index is -0.252. The number of ether oxygens (including phenoxy) is 1. The van der Waals surface area contributed by atoms with Crippen LogP contribution in [0.4, 0.5) is 0 Å². The van der Waals surface area contributed by atoms with Crippen LogP contribution in [0, 0.1) is 0 Å². The van der Waals surface area contributed by atoms with Gasteiger partial charge >= 0.3 is 0 Å². The van der Waals surface area contributed by atoms with Crippen molar-refractivity contribution in [2.75, 3.05) is 6.61 Å². The Kier molecular flexibility index (Phi) is 2.32. The molecule has 0 bridgehead atoms. The van der Waals surface area contributed by atoms with Crippen LogP contribution in [0.5, 0.6) is 0 Å². The molecule has 1 rings (SSSR count). The van der Waals surface area contributed by atoms with E-state index < -0.39 is 0 Å². The van der Waals surface area contributed by atoms with Crippen molar-refractivity contribution >= 4 is 0 Å². The normalized spacial score (nSPS) is 41.7. The molecule has 2 atom stereocenters. The molecule has 2 heteroatoms. The third-order valence-corrected chi connectivity index (χ3v) is 2.14. The van der Waals surface area contributed by atoms with Gasteiger partial charge in [-0.25, -0.2) is 0 Å². The lowest BCUT2D eigenvalue weighted by molar-refractivity contribution is -0.132.